The molecule has 2 aliphatic rings. The first-order valence-electron chi connectivity index (χ1n) is 11.2. The molecule has 0 saturated heterocycles. The van der Waals surface area contributed by atoms with Crippen LogP contribution >= 0.6 is 0 Å². The summed E-state index contributed by atoms with van der Waals surface area (Å²) in [5, 5.41) is 10.4. The number of rotatable bonds is 8. The van der Waals surface area contributed by atoms with Gasteiger partial charge in [0, 0.05) is 25.2 Å². The molecule has 30 heavy (non-hydrogen) atoms. The summed E-state index contributed by atoms with van der Waals surface area (Å²) >= 11 is 0. The maximum Gasteiger partial charge on any atom is 0.273 e. The van der Waals surface area contributed by atoms with E-state index in [4.69, 9.17) is 0 Å². The van der Waals surface area contributed by atoms with Crippen LogP contribution in [0.2, 0.25) is 0 Å². The van der Waals surface area contributed by atoms with E-state index >= 15 is 0 Å². The van der Waals surface area contributed by atoms with Crippen LogP contribution in [-0.2, 0) is 11.3 Å². The lowest BCUT2D eigenvalue weighted by Gasteiger charge is -2.43. The zero-order valence-electron chi connectivity index (χ0n) is 18.7. The Labute approximate surface area is 178 Å². The molecule has 0 bridgehead atoms. The molecule has 1 aliphatic carbocycles. The zero-order chi connectivity index (χ0) is 21.9. The van der Waals surface area contributed by atoms with Gasteiger partial charge in [-0.2, -0.15) is 5.10 Å². The fourth-order valence-electron chi connectivity index (χ4n) is 4.30. The Hall–Kier alpha value is -2.38. The summed E-state index contributed by atoms with van der Waals surface area (Å²) in [5.41, 5.74) is -0.442. The molecular weight excluding hydrogens is 382 g/mol. The van der Waals surface area contributed by atoms with Crippen LogP contribution in [0, 0.1) is 5.92 Å². The van der Waals surface area contributed by atoms with Crippen LogP contribution < -0.4 is 10.6 Å². The van der Waals surface area contributed by atoms with E-state index in [0.29, 0.717) is 24.7 Å². The number of amides is 3. The fourth-order valence-corrected chi connectivity index (χ4v) is 4.30. The third kappa shape index (κ3) is 4.52. The van der Waals surface area contributed by atoms with Crippen LogP contribution in [0.25, 0.3) is 0 Å². The molecule has 3 rings (SSSR count). The summed E-state index contributed by atoms with van der Waals surface area (Å²) in [4.78, 5) is 40.6. The number of fused-ring (bicyclic) bond motifs is 1. The van der Waals surface area contributed by atoms with E-state index in [0.717, 1.165) is 38.5 Å². The molecule has 1 aromatic rings. The first-order valence-corrected chi connectivity index (χ1v) is 11.2. The molecule has 2 N–H and O–H groups in total. The number of carbonyl (C=O) groups is 3. The highest BCUT2D eigenvalue weighted by atomic mass is 16.2. The molecule has 0 radical (unpaired) electrons. The average molecular weight is 418 g/mol. The number of hydrogen-bond donors (Lipinski definition) is 2. The van der Waals surface area contributed by atoms with Gasteiger partial charge in [0.25, 0.3) is 11.8 Å². The number of carbonyl (C=O) groups excluding carboxylic acids is 3. The van der Waals surface area contributed by atoms with E-state index in [-0.39, 0.29) is 36.0 Å². The number of nitrogens with zero attached hydrogens (tertiary/aromatic N) is 3. The second-order valence-electron chi connectivity index (χ2n) is 9.20. The third-order valence-corrected chi connectivity index (χ3v) is 6.16. The molecule has 0 aromatic carbocycles. The Morgan fingerprint density at radius 3 is 2.63 bits per heavy atom. The molecule has 166 valence electrons. The van der Waals surface area contributed by atoms with Gasteiger partial charge < -0.3 is 15.5 Å². The van der Waals surface area contributed by atoms with Gasteiger partial charge >= 0.3 is 0 Å². The van der Waals surface area contributed by atoms with Crippen LogP contribution in [0.5, 0.6) is 0 Å². The minimum absolute atomic E-state index is 0.139. The maximum absolute atomic E-state index is 13.3. The highest BCUT2D eigenvalue weighted by Gasteiger charge is 2.48. The van der Waals surface area contributed by atoms with Crippen molar-refractivity contribution in [2.24, 2.45) is 5.92 Å². The fraction of sp³-hybridized carbons (Fsp3) is 0.727. The van der Waals surface area contributed by atoms with Crippen molar-refractivity contribution in [2.75, 3.05) is 13.1 Å². The van der Waals surface area contributed by atoms with Crippen molar-refractivity contribution in [3.8, 4) is 0 Å². The smallest absolute Gasteiger partial charge is 0.273 e. The van der Waals surface area contributed by atoms with E-state index in [9.17, 15) is 14.4 Å². The molecule has 3 amide bonds. The van der Waals surface area contributed by atoms with Crippen LogP contribution in [0.15, 0.2) is 6.07 Å². The van der Waals surface area contributed by atoms with Crippen molar-refractivity contribution in [2.45, 2.75) is 84.3 Å². The molecule has 1 unspecified atom stereocenters. The number of hydrogen-bond acceptors (Lipinski definition) is 4. The summed E-state index contributed by atoms with van der Waals surface area (Å²) in [6.07, 6.45) is 5.83. The number of aromatic nitrogens is 2. The highest BCUT2D eigenvalue weighted by Crippen LogP contribution is 2.29. The van der Waals surface area contributed by atoms with Crippen molar-refractivity contribution in [1.29, 1.82) is 0 Å². The summed E-state index contributed by atoms with van der Waals surface area (Å²) in [7, 11) is 0. The lowest BCUT2D eigenvalue weighted by atomic mass is 9.94. The van der Waals surface area contributed by atoms with Gasteiger partial charge in [-0.25, -0.2) is 0 Å². The van der Waals surface area contributed by atoms with E-state index in [1.54, 1.807) is 17.9 Å². The summed E-state index contributed by atoms with van der Waals surface area (Å²) in [5.74, 6) is -0.186. The largest absolute Gasteiger partial charge is 0.351 e. The first kappa shape index (κ1) is 22.3. The predicted molar refractivity (Wildman–Crippen MR) is 114 cm³/mol. The molecule has 8 nitrogen and oxygen atoms in total. The van der Waals surface area contributed by atoms with Gasteiger partial charge in [0.15, 0.2) is 5.69 Å². The van der Waals surface area contributed by atoms with Gasteiger partial charge in [0.1, 0.15) is 11.2 Å². The van der Waals surface area contributed by atoms with E-state index in [1.807, 2.05) is 6.92 Å². The van der Waals surface area contributed by atoms with Crippen LogP contribution in [0.1, 0.15) is 87.2 Å². The molecule has 1 fully saturated rings. The Morgan fingerprint density at radius 1 is 1.30 bits per heavy atom. The second kappa shape index (κ2) is 9.18. The normalized spacial score (nSPS) is 21.8. The topological polar surface area (TPSA) is 96.3 Å². The van der Waals surface area contributed by atoms with E-state index in [2.05, 4.69) is 29.6 Å². The summed E-state index contributed by atoms with van der Waals surface area (Å²) < 4.78 is 1.53. The van der Waals surface area contributed by atoms with Crippen molar-refractivity contribution in [1.82, 2.24) is 25.3 Å². The standard InChI is InChI=1S/C22H35N5O3/c1-5-12-26-20(29)18-13-17(19(28)23-11-10-15(2)3)25-27(18)14-22(26,4)21(30)24-16-8-6-7-9-16/h13,15-16H,5-12,14H2,1-4H3,(H,23,28)(H,24,30). The molecule has 2 heterocycles. The van der Waals surface area contributed by atoms with Gasteiger partial charge in [0.2, 0.25) is 5.91 Å². The predicted octanol–water partition coefficient (Wildman–Crippen LogP) is 2.34. The van der Waals surface area contributed by atoms with Gasteiger partial charge in [-0.15, -0.1) is 0 Å². The monoisotopic (exact) mass is 417 g/mol. The molecule has 1 aromatic heterocycles. The van der Waals surface area contributed by atoms with E-state index in [1.165, 1.54) is 4.68 Å². The molecule has 1 atom stereocenters. The summed E-state index contributed by atoms with van der Waals surface area (Å²) in [6.45, 7) is 9.27. The molecule has 0 spiro atoms. The van der Waals surface area contributed by atoms with Crippen molar-refractivity contribution >= 4 is 17.7 Å². The minimum Gasteiger partial charge on any atom is -0.351 e. The lowest BCUT2D eigenvalue weighted by Crippen LogP contribution is -2.65. The SMILES string of the molecule is CCCN1C(=O)c2cc(C(=O)NCCC(C)C)nn2CC1(C)C(=O)NC1CCCC1. The minimum atomic E-state index is -1.03. The van der Waals surface area contributed by atoms with Gasteiger partial charge in [-0.3, -0.25) is 19.1 Å². The van der Waals surface area contributed by atoms with Crippen molar-refractivity contribution in [3.05, 3.63) is 17.5 Å². The first-order chi connectivity index (χ1) is 14.3. The van der Waals surface area contributed by atoms with Gasteiger partial charge in [0.05, 0.1) is 6.54 Å². The van der Waals surface area contributed by atoms with Gasteiger partial charge in [-0.1, -0.05) is 33.6 Å². The second-order valence-corrected chi connectivity index (χ2v) is 9.20. The lowest BCUT2D eigenvalue weighted by molar-refractivity contribution is -0.133. The molecule has 1 aliphatic heterocycles. The van der Waals surface area contributed by atoms with Crippen LogP contribution in [-0.4, -0.2) is 57.1 Å². The summed E-state index contributed by atoms with van der Waals surface area (Å²) in [6, 6.07) is 1.72. The van der Waals surface area contributed by atoms with Crippen LogP contribution in [0.4, 0.5) is 0 Å². The Bertz CT molecular complexity index is 797. The highest BCUT2D eigenvalue weighted by molar-refractivity contribution is 6.01. The quantitative estimate of drug-likeness (QED) is 0.679. The molecule has 8 heteroatoms. The van der Waals surface area contributed by atoms with E-state index < -0.39 is 5.54 Å². The Balaban J connectivity index is 1.81. The van der Waals surface area contributed by atoms with Crippen LogP contribution in [0.3, 0.4) is 0 Å². The maximum atomic E-state index is 13.3. The average Bonchev–Trinajstić information content (AvgIpc) is 3.34. The zero-order valence-corrected chi connectivity index (χ0v) is 18.7. The number of nitrogens with one attached hydrogen (secondary N) is 2. The molecular formula is C22H35N5O3. The van der Waals surface area contributed by atoms with Gasteiger partial charge in [-0.05, 0) is 38.5 Å². The Kier molecular flexibility index (Phi) is 6.83. The van der Waals surface area contributed by atoms with Crippen molar-refractivity contribution in [3.63, 3.8) is 0 Å². The third-order valence-electron chi connectivity index (χ3n) is 6.16. The molecule has 1 saturated carbocycles. The Morgan fingerprint density at radius 2 is 2.00 bits per heavy atom. The van der Waals surface area contributed by atoms with Crippen molar-refractivity contribution < 1.29 is 14.4 Å².